The summed E-state index contributed by atoms with van der Waals surface area (Å²) in [4.78, 5) is 13.7. The first-order valence-electron chi connectivity index (χ1n) is 9.30. The molecule has 2 heterocycles. The molecule has 1 saturated carbocycles. The molecule has 142 valence electrons. The summed E-state index contributed by atoms with van der Waals surface area (Å²) < 4.78 is 0. The van der Waals surface area contributed by atoms with Crippen molar-refractivity contribution < 1.29 is 10.2 Å². The van der Waals surface area contributed by atoms with Crippen molar-refractivity contribution in [2.45, 2.75) is 77.2 Å². The van der Waals surface area contributed by atoms with E-state index < -0.39 is 6.10 Å². The second-order valence-corrected chi connectivity index (χ2v) is 8.23. The van der Waals surface area contributed by atoms with Crippen molar-refractivity contribution in [2.75, 3.05) is 10.6 Å². The molecule has 7 nitrogen and oxygen atoms in total. The molecule has 0 spiro atoms. The van der Waals surface area contributed by atoms with E-state index in [9.17, 15) is 10.2 Å². The van der Waals surface area contributed by atoms with Gasteiger partial charge in [-0.3, -0.25) is 0 Å². The van der Waals surface area contributed by atoms with E-state index in [0.29, 0.717) is 17.5 Å². The van der Waals surface area contributed by atoms with Gasteiger partial charge in [-0.25, -0.2) is 15.0 Å². The third-order valence-corrected chi connectivity index (χ3v) is 4.54. The van der Waals surface area contributed by atoms with Crippen LogP contribution in [0.5, 0.6) is 0 Å². The van der Waals surface area contributed by atoms with Crippen LogP contribution in [0.15, 0.2) is 12.3 Å². The van der Waals surface area contributed by atoms with Crippen LogP contribution < -0.4 is 10.6 Å². The quantitative estimate of drug-likeness (QED) is 0.665. The van der Waals surface area contributed by atoms with E-state index in [2.05, 4.69) is 46.4 Å². The summed E-state index contributed by atoms with van der Waals surface area (Å²) in [5.74, 6) is 1.22. The Balaban J connectivity index is 1.93. The molecule has 7 heteroatoms. The Morgan fingerprint density at radius 3 is 2.46 bits per heavy atom. The summed E-state index contributed by atoms with van der Waals surface area (Å²) in [6, 6.07) is 2.11. The molecule has 2 aromatic rings. The Bertz CT molecular complexity index is 764. The van der Waals surface area contributed by atoms with Gasteiger partial charge in [0, 0.05) is 23.2 Å². The van der Waals surface area contributed by atoms with Gasteiger partial charge >= 0.3 is 0 Å². The number of aromatic nitrogens is 3. The molecule has 0 aliphatic heterocycles. The van der Waals surface area contributed by atoms with E-state index in [4.69, 9.17) is 0 Å². The maximum atomic E-state index is 9.93. The highest BCUT2D eigenvalue weighted by Crippen LogP contribution is 2.27. The van der Waals surface area contributed by atoms with Crippen LogP contribution >= 0.6 is 0 Å². The number of rotatable bonds is 4. The van der Waals surface area contributed by atoms with Gasteiger partial charge < -0.3 is 20.8 Å². The van der Waals surface area contributed by atoms with E-state index in [-0.39, 0.29) is 17.7 Å². The normalized spacial score (nSPS) is 22.2. The molecule has 1 aliphatic rings. The predicted molar refractivity (Wildman–Crippen MR) is 103 cm³/mol. The summed E-state index contributed by atoms with van der Waals surface area (Å²) >= 11 is 0. The zero-order valence-corrected chi connectivity index (χ0v) is 16.0. The Labute approximate surface area is 154 Å². The van der Waals surface area contributed by atoms with Crippen molar-refractivity contribution in [3.63, 3.8) is 0 Å². The minimum atomic E-state index is -0.661. The molecule has 1 aliphatic carbocycles. The molecule has 0 saturated heterocycles. The van der Waals surface area contributed by atoms with Crippen molar-refractivity contribution in [2.24, 2.45) is 0 Å². The lowest BCUT2D eigenvalue weighted by molar-refractivity contribution is 0.126. The average molecular weight is 359 g/mol. The van der Waals surface area contributed by atoms with Crippen LogP contribution in [0.4, 0.5) is 11.8 Å². The van der Waals surface area contributed by atoms with Gasteiger partial charge in [0.25, 0.3) is 0 Å². The second kappa shape index (κ2) is 7.32. The number of anilines is 2. The van der Waals surface area contributed by atoms with E-state index in [1.165, 1.54) is 0 Å². The van der Waals surface area contributed by atoms with Gasteiger partial charge in [0.05, 0.1) is 17.9 Å². The molecule has 0 bridgehead atoms. The standard InChI is InChI=1S/C19H29N5O2/c1-11(25)15-9-12-10-20-18(21-13-5-7-14(26)8-6-13)23-16(12)17(22-15)24-19(2,3)4/h9-11,13-14,25-26H,5-8H2,1-4H3,(H,22,24)(H,20,21,23)/t11-,13?,14?/m1/s1. The summed E-state index contributed by atoms with van der Waals surface area (Å²) in [5, 5.41) is 27.2. The summed E-state index contributed by atoms with van der Waals surface area (Å²) in [7, 11) is 0. The van der Waals surface area contributed by atoms with Gasteiger partial charge in [0.2, 0.25) is 5.95 Å². The van der Waals surface area contributed by atoms with Gasteiger partial charge in [0.1, 0.15) is 5.52 Å². The zero-order valence-electron chi connectivity index (χ0n) is 16.0. The lowest BCUT2D eigenvalue weighted by atomic mass is 9.93. The van der Waals surface area contributed by atoms with Gasteiger partial charge in [-0.2, -0.15) is 0 Å². The smallest absolute Gasteiger partial charge is 0.223 e. The Kier molecular flexibility index (Phi) is 5.29. The highest BCUT2D eigenvalue weighted by Gasteiger charge is 2.21. The number of nitrogens with zero attached hydrogens (tertiary/aromatic N) is 3. The van der Waals surface area contributed by atoms with E-state index in [1.54, 1.807) is 13.1 Å². The van der Waals surface area contributed by atoms with Gasteiger partial charge in [-0.15, -0.1) is 0 Å². The molecule has 26 heavy (non-hydrogen) atoms. The molecule has 0 radical (unpaired) electrons. The van der Waals surface area contributed by atoms with Crippen molar-refractivity contribution in [3.8, 4) is 0 Å². The Hall–Kier alpha value is -1.99. The third-order valence-electron chi connectivity index (χ3n) is 4.54. The molecule has 0 unspecified atom stereocenters. The van der Waals surface area contributed by atoms with Crippen LogP contribution in [-0.4, -0.2) is 42.8 Å². The lowest BCUT2D eigenvalue weighted by Crippen LogP contribution is -2.29. The van der Waals surface area contributed by atoms with Crippen LogP contribution in [-0.2, 0) is 0 Å². The number of aliphatic hydroxyl groups is 2. The fourth-order valence-corrected chi connectivity index (χ4v) is 3.19. The van der Waals surface area contributed by atoms with Gasteiger partial charge in [-0.05, 0) is 59.4 Å². The van der Waals surface area contributed by atoms with Crippen molar-refractivity contribution in [3.05, 3.63) is 18.0 Å². The predicted octanol–water partition coefficient (Wildman–Crippen LogP) is 3.00. The van der Waals surface area contributed by atoms with E-state index in [0.717, 1.165) is 36.6 Å². The molecular formula is C19H29N5O2. The summed E-state index contributed by atoms with van der Waals surface area (Å²) in [6.07, 6.45) is 4.36. The minimum Gasteiger partial charge on any atom is -0.393 e. The SMILES string of the molecule is C[C@@H](O)c1cc2cnc(NC3CCC(O)CC3)nc2c(NC(C)(C)C)n1. The van der Waals surface area contributed by atoms with E-state index in [1.807, 2.05) is 6.07 Å². The number of hydrogen-bond acceptors (Lipinski definition) is 7. The topological polar surface area (TPSA) is 103 Å². The number of fused-ring (bicyclic) bond motifs is 1. The maximum absolute atomic E-state index is 9.93. The largest absolute Gasteiger partial charge is 0.393 e. The summed E-state index contributed by atoms with van der Waals surface area (Å²) in [6.45, 7) is 7.87. The minimum absolute atomic E-state index is 0.184. The second-order valence-electron chi connectivity index (χ2n) is 8.23. The Morgan fingerprint density at radius 1 is 1.15 bits per heavy atom. The fourth-order valence-electron chi connectivity index (χ4n) is 3.19. The average Bonchev–Trinajstić information content (AvgIpc) is 2.55. The van der Waals surface area contributed by atoms with Crippen LogP contribution in [0.25, 0.3) is 10.9 Å². The van der Waals surface area contributed by atoms with Crippen LogP contribution in [0.2, 0.25) is 0 Å². The number of aliphatic hydroxyl groups excluding tert-OH is 2. The van der Waals surface area contributed by atoms with Crippen molar-refractivity contribution >= 4 is 22.7 Å². The molecule has 0 amide bonds. The molecule has 2 aromatic heterocycles. The number of pyridine rings is 1. The van der Waals surface area contributed by atoms with Crippen molar-refractivity contribution in [1.29, 1.82) is 0 Å². The highest BCUT2D eigenvalue weighted by molar-refractivity contribution is 5.89. The fraction of sp³-hybridized carbons (Fsp3) is 0.632. The molecule has 0 aromatic carbocycles. The maximum Gasteiger partial charge on any atom is 0.223 e. The third kappa shape index (κ3) is 4.59. The van der Waals surface area contributed by atoms with Gasteiger partial charge in [-0.1, -0.05) is 0 Å². The number of hydrogen-bond donors (Lipinski definition) is 4. The molecular weight excluding hydrogens is 330 g/mol. The lowest BCUT2D eigenvalue weighted by Gasteiger charge is -2.26. The molecule has 4 N–H and O–H groups in total. The first-order valence-corrected chi connectivity index (χ1v) is 9.30. The monoisotopic (exact) mass is 359 g/mol. The van der Waals surface area contributed by atoms with Gasteiger partial charge in [0.15, 0.2) is 5.82 Å². The van der Waals surface area contributed by atoms with Crippen molar-refractivity contribution in [1.82, 2.24) is 15.0 Å². The zero-order chi connectivity index (χ0) is 18.9. The summed E-state index contributed by atoms with van der Waals surface area (Å²) in [5.41, 5.74) is 1.14. The number of nitrogens with one attached hydrogen (secondary N) is 2. The van der Waals surface area contributed by atoms with E-state index >= 15 is 0 Å². The van der Waals surface area contributed by atoms with Crippen LogP contribution in [0.1, 0.15) is 65.2 Å². The highest BCUT2D eigenvalue weighted by atomic mass is 16.3. The molecule has 1 atom stereocenters. The van der Waals surface area contributed by atoms with Crippen LogP contribution in [0.3, 0.4) is 0 Å². The molecule has 3 rings (SSSR count). The van der Waals surface area contributed by atoms with Crippen LogP contribution in [0, 0.1) is 0 Å². The first kappa shape index (κ1) is 18.8. The first-order chi connectivity index (χ1) is 12.2. The molecule has 1 fully saturated rings. The Morgan fingerprint density at radius 2 is 1.85 bits per heavy atom.